The average Bonchev–Trinajstić information content (AvgIpc) is 3.41. The number of benzene rings is 1. The van der Waals surface area contributed by atoms with Crippen molar-refractivity contribution < 1.29 is 9.59 Å². The molecule has 3 N–H and O–H groups in total. The van der Waals surface area contributed by atoms with Crippen molar-refractivity contribution in [1.82, 2.24) is 10.2 Å². The fourth-order valence-corrected chi connectivity index (χ4v) is 3.75. The zero-order valence-corrected chi connectivity index (χ0v) is 14.5. The van der Waals surface area contributed by atoms with Crippen LogP contribution in [-0.4, -0.2) is 42.9 Å². The zero-order chi connectivity index (χ0) is 17.2. The van der Waals surface area contributed by atoms with Gasteiger partial charge in [0.05, 0.1) is 11.3 Å². The molecule has 2 amide bonds. The number of likely N-dealkylation sites (tertiary alicyclic amines) is 1. The van der Waals surface area contributed by atoms with Crippen LogP contribution in [0.4, 0.5) is 0 Å². The third-order valence-corrected chi connectivity index (χ3v) is 5.29. The number of nitrogens with zero attached hydrogens (tertiary/aromatic N) is 1. The lowest BCUT2D eigenvalue weighted by molar-refractivity contribution is -0.138. The van der Waals surface area contributed by atoms with Crippen molar-refractivity contribution in [3.8, 4) is 0 Å². The maximum Gasteiger partial charge on any atom is 0.233 e. The summed E-state index contributed by atoms with van der Waals surface area (Å²) in [6.07, 6.45) is 3.39. The number of rotatable bonds is 5. The lowest BCUT2D eigenvalue weighted by Crippen LogP contribution is -2.49. The Kier molecular flexibility index (Phi) is 5.11. The maximum absolute atomic E-state index is 13.1. The van der Waals surface area contributed by atoms with Crippen molar-refractivity contribution >= 4 is 23.4 Å². The second kappa shape index (κ2) is 7.11. The molecule has 2 fully saturated rings. The predicted molar refractivity (Wildman–Crippen MR) is 93.7 cm³/mol. The molecule has 3 rings (SSSR count). The summed E-state index contributed by atoms with van der Waals surface area (Å²) in [5, 5.41) is 3.49. The lowest BCUT2D eigenvalue weighted by Gasteiger charge is -2.34. The van der Waals surface area contributed by atoms with E-state index in [4.69, 9.17) is 17.3 Å². The van der Waals surface area contributed by atoms with E-state index >= 15 is 0 Å². The van der Waals surface area contributed by atoms with E-state index < -0.39 is 5.41 Å². The van der Waals surface area contributed by atoms with Crippen LogP contribution in [0.3, 0.4) is 0 Å². The number of halogens is 1. The van der Waals surface area contributed by atoms with Crippen molar-refractivity contribution in [1.29, 1.82) is 0 Å². The van der Waals surface area contributed by atoms with Gasteiger partial charge in [0, 0.05) is 31.2 Å². The van der Waals surface area contributed by atoms with Crippen molar-refractivity contribution in [2.75, 3.05) is 26.2 Å². The molecule has 1 unspecified atom stereocenters. The number of piperidine rings is 1. The predicted octanol–water partition coefficient (Wildman–Crippen LogP) is 1.69. The first-order chi connectivity index (χ1) is 11.6. The van der Waals surface area contributed by atoms with E-state index in [1.807, 2.05) is 29.2 Å². The van der Waals surface area contributed by atoms with Crippen molar-refractivity contribution in [2.24, 2.45) is 11.7 Å². The molecule has 0 aromatic heterocycles. The molecule has 5 nitrogen and oxygen atoms in total. The minimum atomic E-state index is -0.430. The van der Waals surface area contributed by atoms with Gasteiger partial charge in [-0.2, -0.15) is 0 Å². The highest BCUT2D eigenvalue weighted by Gasteiger charge is 2.53. The normalized spacial score (nSPS) is 22.1. The number of nitrogens with one attached hydrogen (secondary N) is 1. The molecule has 1 aromatic carbocycles. The minimum absolute atomic E-state index is 0.00514. The molecular formula is C18H24ClN3O2. The van der Waals surface area contributed by atoms with Gasteiger partial charge >= 0.3 is 0 Å². The maximum atomic E-state index is 13.1. The SMILES string of the molecule is NCCNC(=O)C1CCCN(C(=O)C2(c3cccc(Cl)c3)CC2)C1. The molecule has 1 aliphatic heterocycles. The highest BCUT2D eigenvalue weighted by molar-refractivity contribution is 6.30. The molecule has 1 heterocycles. The topological polar surface area (TPSA) is 75.4 Å². The van der Waals surface area contributed by atoms with Crippen LogP contribution in [0.15, 0.2) is 24.3 Å². The summed E-state index contributed by atoms with van der Waals surface area (Å²) < 4.78 is 0. The van der Waals surface area contributed by atoms with Crippen LogP contribution in [-0.2, 0) is 15.0 Å². The molecule has 1 aliphatic carbocycles. The van der Waals surface area contributed by atoms with Crippen LogP contribution in [0.25, 0.3) is 0 Å². The van der Waals surface area contributed by atoms with Crippen LogP contribution >= 0.6 is 11.6 Å². The van der Waals surface area contributed by atoms with Gasteiger partial charge in [-0.1, -0.05) is 23.7 Å². The fraction of sp³-hybridized carbons (Fsp3) is 0.556. The molecule has 0 radical (unpaired) electrons. The summed E-state index contributed by atoms with van der Waals surface area (Å²) >= 11 is 6.09. The van der Waals surface area contributed by atoms with E-state index in [9.17, 15) is 9.59 Å². The fourth-order valence-electron chi connectivity index (χ4n) is 3.56. The Morgan fingerprint density at radius 3 is 2.83 bits per heavy atom. The lowest BCUT2D eigenvalue weighted by atomic mass is 9.91. The zero-order valence-electron chi connectivity index (χ0n) is 13.8. The Hall–Kier alpha value is -1.59. The molecule has 2 aliphatic rings. The van der Waals surface area contributed by atoms with Crippen LogP contribution in [0.5, 0.6) is 0 Å². The Morgan fingerprint density at radius 2 is 2.17 bits per heavy atom. The molecule has 1 atom stereocenters. The molecule has 130 valence electrons. The monoisotopic (exact) mass is 349 g/mol. The quantitative estimate of drug-likeness (QED) is 0.849. The molecule has 6 heteroatoms. The number of nitrogens with two attached hydrogens (primary N) is 1. The van der Waals surface area contributed by atoms with Crippen LogP contribution < -0.4 is 11.1 Å². The third-order valence-electron chi connectivity index (χ3n) is 5.06. The van der Waals surface area contributed by atoms with Gasteiger partial charge in [-0.05, 0) is 43.4 Å². The molecule has 0 bridgehead atoms. The van der Waals surface area contributed by atoms with Gasteiger partial charge in [-0.25, -0.2) is 0 Å². The standard InChI is InChI=1S/C18H24ClN3O2/c19-15-5-1-4-14(11-15)18(6-7-18)17(24)22-10-2-3-13(12-22)16(23)21-9-8-20/h1,4-5,11,13H,2-3,6-10,12,20H2,(H,21,23). The first-order valence-electron chi connectivity index (χ1n) is 8.60. The molecule has 1 saturated heterocycles. The Balaban J connectivity index is 1.69. The van der Waals surface area contributed by atoms with Gasteiger partial charge < -0.3 is 16.0 Å². The van der Waals surface area contributed by atoms with Gasteiger partial charge in [0.25, 0.3) is 0 Å². The van der Waals surface area contributed by atoms with Crippen molar-refractivity contribution in [2.45, 2.75) is 31.1 Å². The largest absolute Gasteiger partial charge is 0.355 e. The first-order valence-corrected chi connectivity index (χ1v) is 8.98. The average molecular weight is 350 g/mol. The minimum Gasteiger partial charge on any atom is -0.355 e. The molecule has 1 saturated carbocycles. The van der Waals surface area contributed by atoms with E-state index in [2.05, 4.69) is 5.32 Å². The summed E-state index contributed by atoms with van der Waals surface area (Å²) in [5.74, 6) is 0.0102. The van der Waals surface area contributed by atoms with Crippen LogP contribution in [0, 0.1) is 5.92 Å². The van der Waals surface area contributed by atoms with Gasteiger partial charge in [0.2, 0.25) is 11.8 Å². The first kappa shape index (κ1) is 17.2. The summed E-state index contributed by atoms with van der Waals surface area (Å²) in [6, 6.07) is 7.59. The summed E-state index contributed by atoms with van der Waals surface area (Å²) in [4.78, 5) is 27.2. The third kappa shape index (κ3) is 3.42. The Morgan fingerprint density at radius 1 is 1.38 bits per heavy atom. The smallest absolute Gasteiger partial charge is 0.233 e. The van der Waals surface area contributed by atoms with Gasteiger partial charge in [0.1, 0.15) is 0 Å². The van der Waals surface area contributed by atoms with E-state index in [0.717, 1.165) is 37.8 Å². The van der Waals surface area contributed by atoms with Gasteiger partial charge in [-0.3, -0.25) is 9.59 Å². The van der Waals surface area contributed by atoms with Crippen LogP contribution in [0.1, 0.15) is 31.2 Å². The van der Waals surface area contributed by atoms with E-state index in [1.165, 1.54) is 0 Å². The van der Waals surface area contributed by atoms with E-state index in [0.29, 0.717) is 24.7 Å². The number of carbonyl (C=O) groups is 2. The second-order valence-corrected chi connectivity index (χ2v) is 7.20. The molecule has 1 aromatic rings. The van der Waals surface area contributed by atoms with E-state index in [-0.39, 0.29) is 17.7 Å². The van der Waals surface area contributed by atoms with Gasteiger partial charge in [0.15, 0.2) is 0 Å². The van der Waals surface area contributed by atoms with Crippen molar-refractivity contribution in [3.63, 3.8) is 0 Å². The highest BCUT2D eigenvalue weighted by atomic mass is 35.5. The summed E-state index contributed by atoms with van der Waals surface area (Å²) in [7, 11) is 0. The Labute approximate surface area is 147 Å². The summed E-state index contributed by atoms with van der Waals surface area (Å²) in [6.45, 7) is 2.13. The number of hydrogen-bond donors (Lipinski definition) is 2. The highest BCUT2D eigenvalue weighted by Crippen LogP contribution is 2.50. The molecule has 24 heavy (non-hydrogen) atoms. The summed E-state index contributed by atoms with van der Waals surface area (Å²) in [5.41, 5.74) is 6.00. The van der Waals surface area contributed by atoms with Crippen molar-refractivity contribution in [3.05, 3.63) is 34.9 Å². The van der Waals surface area contributed by atoms with Gasteiger partial charge in [-0.15, -0.1) is 0 Å². The number of amides is 2. The second-order valence-electron chi connectivity index (χ2n) is 6.76. The number of hydrogen-bond acceptors (Lipinski definition) is 3. The Bertz CT molecular complexity index is 630. The molecule has 0 spiro atoms. The van der Waals surface area contributed by atoms with E-state index in [1.54, 1.807) is 0 Å². The van der Waals surface area contributed by atoms with Crippen LogP contribution in [0.2, 0.25) is 5.02 Å². The number of carbonyl (C=O) groups excluding carboxylic acids is 2. The molecular weight excluding hydrogens is 326 g/mol.